The van der Waals surface area contributed by atoms with Gasteiger partial charge in [-0.1, -0.05) is 13.0 Å². The van der Waals surface area contributed by atoms with E-state index in [1.165, 1.54) is 13.0 Å². The minimum Gasteiger partial charge on any atom is -0.508 e. The van der Waals surface area contributed by atoms with E-state index in [2.05, 4.69) is 0 Å². The Bertz CT molecular complexity index is 401. The lowest BCUT2D eigenvalue weighted by Crippen LogP contribution is -2.27. The van der Waals surface area contributed by atoms with Crippen LogP contribution in [-0.4, -0.2) is 23.2 Å². The van der Waals surface area contributed by atoms with Crippen molar-refractivity contribution in [3.05, 3.63) is 23.5 Å². The molecule has 0 aromatic carbocycles. The van der Waals surface area contributed by atoms with Gasteiger partial charge in [0.2, 0.25) is 0 Å². The number of carbonyl (C=O) groups is 1. The van der Waals surface area contributed by atoms with Crippen molar-refractivity contribution in [2.45, 2.75) is 45.5 Å². The van der Waals surface area contributed by atoms with Crippen LogP contribution in [0.5, 0.6) is 0 Å². The number of carbonyl (C=O) groups excluding carboxylic acids is 1. The summed E-state index contributed by atoms with van der Waals surface area (Å²) in [5, 5.41) is 9.53. The number of hydrogen-bond donors (Lipinski definition) is 1. The van der Waals surface area contributed by atoms with Crippen LogP contribution in [0.2, 0.25) is 0 Å². The van der Waals surface area contributed by atoms with Gasteiger partial charge in [-0.25, -0.2) is 0 Å². The lowest BCUT2D eigenvalue weighted by atomic mass is 9.94. The summed E-state index contributed by atoms with van der Waals surface area (Å²) < 4.78 is 73.5. The first-order valence-corrected chi connectivity index (χ1v) is 6.13. The fraction of sp³-hybridized carbons (Fsp3) is 0.615. The van der Waals surface area contributed by atoms with Gasteiger partial charge < -0.3 is 5.11 Å². The molecule has 0 fully saturated rings. The number of aliphatic hydroxyl groups excluding tert-OH is 1. The van der Waals surface area contributed by atoms with Gasteiger partial charge in [0.25, 0.3) is 0 Å². The zero-order valence-electron chi connectivity index (χ0n) is 11.5. The minimum atomic E-state index is -4.90. The maximum absolute atomic E-state index is 12.3. The second-order valence-corrected chi connectivity index (χ2v) is 4.43. The third-order valence-corrected chi connectivity index (χ3v) is 2.70. The van der Waals surface area contributed by atoms with Crippen molar-refractivity contribution in [2.24, 2.45) is 5.92 Å². The van der Waals surface area contributed by atoms with Crippen LogP contribution in [-0.2, 0) is 4.79 Å². The highest BCUT2D eigenvalue weighted by Gasteiger charge is 2.41. The summed E-state index contributed by atoms with van der Waals surface area (Å²) in [6, 6.07) is 0. The van der Waals surface area contributed by atoms with Crippen molar-refractivity contribution in [1.29, 1.82) is 0 Å². The third kappa shape index (κ3) is 8.41. The van der Waals surface area contributed by atoms with E-state index in [1.807, 2.05) is 0 Å². The fourth-order valence-electron chi connectivity index (χ4n) is 1.71. The Morgan fingerprint density at radius 3 is 1.81 bits per heavy atom. The van der Waals surface area contributed by atoms with Crippen LogP contribution < -0.4 is 0 Å². The number of rotatable bonds is 6. The van der Waals surface area contributed by atoms with Gasteiger partial charge in [0.05, 0.1) is 12.8 Å². The summed E-state index contributed by atoms with van der Waals surface area (Å²) in [4.78, 5) is 11.6. The quantitative estimate of drug-likeness (QED) is 0.328. The molecule has 0 radical (unpaired) electrons. The van der Waals surface area contributed by atoms with Gasteiger partial charge in [-0.2, -0.15) is 26.3 Å². The monoisotopic (exact) mass is 318 g/mol. The third-order valence-electron chi connectivity index (χ3n) is 2.70. The van der Waals surface area contributed by atoms with E-state index in [-0.39, 0.29) is 12.0 Å². The molecule has 0 saturated heterocycles. The predicted molar refractivity (Wildman–Crippen MR) is 64.6 cm³/mol. The first kappa shape index (κ1) is 19.5. The molecule has 0 bridgehead atoms. The largest absolute Gasteiger partial charge is 0.508 e. The molecule has 0 aliphatic carbocycles. The van der Waals surface area contributed by atoms with Gasteiger partial charge >= 0.3 is 12.4 Å². The number of allylic oxidation sites excluding steroid dienone is 3. The highest BCUT2D eigenvalue weighted by molar-refractivity contribution is 5.92. The molecule has 8 heteroatoms. The number of halogens is 6. The lowest BCUT2D eigenvalue weighted by molar-refractivity contribution is -0.176. The molecule has 0 saturated carbocycles. The maximum Gasteiger partial charge on any atom is 0.389 e. The van der Waals surface area contributed by atoms with E-state index in [4.69, 9.17) is 0 Å². The van der Waals surface area contributed by atoms with E-state index >= 15 is 0 Å². The average Bonchev–Trinajstić information content (AvgIpc) is 2.25. The predicted octanol–water partition coefficient (Wildman–Crippen LogP) is 4.87. The second-order valence-electron chi connectivity index (χ2n) is 4.43. The highest BCUT2D eigenvalue weighted by atomic mass is 19.4. The molecule has 0 unspecified atom stereocenters. The van der Waals surface area contributed by atoms with Gasteiger partial charge in [0.15, 0.2) is 5.78 Å². The summed E-state index contributed by atoms with van der Waals surface area (Å²) in [5.74, 6) is -4.29. The SMILES string of the molecule is C/C=C(CC)/C(O)=C/C(=O)C(CC(F)(F)F)CC(F)(F)F. The van der Waals surface area contributed by atoms with Gasteiger partial charge in [0, 0.05) is 12.0 Å². The van der Waals surface area contributed by atoms with Crippen molar-refractivity contribution in [2.75, 3.05) is 0 Å². The minimum absolute atomic E-state index is 0.265. The number of aliphatic hydroxyl groups is 1. The smallest absolute Gasteiger partial charge is 0.389 e. The summed E-state index contributed by atoms with van der Waals surface area (Å²) >= 11 is 0. The van der Waals surface area contributed by atoms with Gasteiger partial charge in [-0.05, 0) is 18.9 Å². The fourth-order valence-corrected chi connectivity index (χ4v) is 1.71. The van der Waals surface area contributed by atoms with Crippen molar-refractivity contribution in [3.8, 4) is 0 Å². The van der Waals surface area contributed by atoms with E-state index < -0.39 is 42.7 Å². The molecule has 0 amide bonds. The van der Waals surface area contributed by atoms with Crippen LogP contribution in [0.4, 0.5) is 26.3 Å². The molecular formula is C13H16F6O2. The zero-order chi connectivity index (χ0) is 16.8. The number of ketones is 1. The standard InChI is InChI=1S/C13H16F6O2/c1-3-8(4-2)10(20)5-11(21)9(6-12(14,15)16)7-13(17,18)19/h3,5,9,20H,4,6-7H2,1-2H3/b8-3+,10-5-. The summed E-state index contributed by atoms with van der Waals surface area (Å²) in [6.07, 6.45) is -11.4. The molecular weight excluding hydrogens is 302 g/mol. The average molecular weight is 318 g/mol. The summed E-state index contributed by atoms with van der Waals surface area (Å²) in [7, 11) is 0. The molecule has 21 heavy (non-hydrogen) atoms. The van der Waals surface area contributed by atoms with Gasteiger partial charge in [-0.15, -0.1) is 0 Å². The molecule has 122 valence electrons. The maximum atomic E-state index is 12.3. The topological polar surface area (TPSA) is 37.3 Å². The molecule has 0 atom stereocenters. The van der Waals surface area contributed by atoms with Crippen LogP contribution >= 0.6 is 0 Å². The molecule has 1 N–H and O–H groups in total. The van der Waals surface area contributed by atoms with Crippen molar-refractivity contribution in [1.82, 2.24) is 0 Å². The molecule has 0 spiro atoms. The van der Waals surface area contributed by atoms with Crippen molar-refractivity contribution in [3.63, 3.8) is 0 Å². The van der Waals surface area contributed by atoms with E-state index in [0.717, 1.165) is 0 Å². The lowest BCUT2D eigenvalue weighted by Gasteiger charge is -2.18. The summed E-state index contributed by atoms with van der Waals surface area (Å²) in [6.45, 7) is 3.14. The Hall–Kier alpha value is -1.47. The Morgan fingerprint density at radius 1 is 1.10 bits per heavy atom. The number of hydrogen-bond acceptors (Lipinski definition) is 2. The molecule has 0 heterocycles. The summed E-state index contributed by atoms with van der Waals surface area (Å²) in [5.41, 5.74) is 0.265. The molecule has 0 aliphatic rings. The Labute approximate surface area is 118 Å². The van der Waals surface area contributed by atoms with Crippen LogP contribution in [0.25, 0.3) is 0 Å². The van der Waals surface area contributed by atoms with Crippen LogP contribution in [0, 0.1) is 5.92 Å². The highest BCUT2D eigenvalue weighted by Crippen LogP contribution is 2.33. The molecule has 0 aliphatic heterocycles. The molecule has 2 nitrogen and oxygen atoms in total. The normalized spacial score (nSPS) is 14.7. The molecule has 0 aromatic heterocycles. The Morgan fingerprint density at radius 2 is 1.52 bits per heavy atom. The van der Waals surface area contributed by atoms with Crippen LogP contribution in [0.1, 0.15) is 33.1 Å². The van der Waals surface area contributed by atoms with Crippen LogP contribution in [0.3, 0.4) is 0 Å². The Kier molecular flexibility index (Phi) is 6.99. The number of alkyl halides is 6. The van der Waals surface area contributed by atoms with E-state index in [1.54, 1.807) is 6.92 Å². The first-order chi connectivity index (χ1) is 9.39. The van der Waals surface area contributed by atoms with Crippen molar-refractivity contribution < 1.29 is 36.2 Å². The van der Waals surface area contributed by atoms with Gasteiger partial charge in [-0.3, -0.25) is 4.79 Å². The first-order valence-electron chi connectivity index (χ1n) is 6.13. The van der Waals surface area contributed by atoms with E-state index in [9.17, 15) is 36.2 Å². The van der Waals surface area contributed by atoms with Crippen LogP contribution in [0.15, 0.2) is 23.5 Å². The molecule has 0 rings (SSSR count). The van der Waals surface area contributed by atoms with Gasteiger partial charge in [0.1, 0.15) is 5.76 Å². The Balaban J connectivity index is 5.25. The molecule has 0 aromatic rings. The zero-order valence-corrected chi connectivity index (χ0v) is 11.5. The second kappa shape index (κ2) is 7.51. The van der Waals surface area contributed by atoms with E-state index in [0.29, 0.717) is 6.08 Å². The van der Waals surface area contributed by atoms with Crippen molar-refractivity contribution >= 4 is 5.78 Å².